The molecule has 0 radical (unpaired) electrons. The first kappa shape index (κ1) is 9.92. The van der Waals surface area contributed by atoms with Gasteiger partial charge < -0.3 is 4.42 Å². The molecule has 2 nitrogen and oxygen atoms in total. The van der Waals surface area contributed by atoms with Crippen molar-refractivity contribution >= 4 is 44.3 Å². The Balaban J connectivity index is 2.29. The zero-order valence-electron chi connectivity index (χ0n) is 9.35. The summed E-state index contributed by atoms with van der Waals surface area (Å²) in [6.07, 6.45) is 3.35. The zero-order chi connectivity index (χ0) is 12.1. The van der Waals surface area contributed by atoms with Crippen LogP contribution in [0, 0.1) is 0 Å². The molecule has 3 heteroatoms. The van der Waals surface area contributed by atoms with Crippen LogP contribution in [-0.2, 0) is 0 Å². The lowest BCUT2D eigenvalue weighted by Crippen LogP contribution is -1.74. The highest BCUT2D eigenvalue weighted by Crippen LogP contribution is 2.35. The van der Waals surface area contributed by atoms with Gasteiger partial charge in [0.05, 0.1) is 16.6 Å². The van der Waals surface area contributed by atoms with E-state index in [1.54, 1.807) is 12.4 Å². The molecule has 2 heterocycles. The molecule has 0 atom stereocenters. The molecule has 0 amide bonds. The molecular weight excluding hydrogens is 246 g/mol. The highest BCUT2D eigenvalue weighted by molar-refractivity contribution is 6.37. The van der Waals surface area contributed by atoms with Crippen LogP contribution in [0.3, 0.4) is 0 Å². The first-order valence-corrected chi connectivity index (χ1v) is 6.05. The second-order valence-corrected chi connectivity index (χ2v) is 4.70. The minimum Gasteiger partial charge on any atom is -0.454 e. The van der Waals surface area contributed by atoms with Crippen LogP contribution in [0.1, 0.15) is 0 Å². The van der Waals surface area contributed by atoms with E-state index in [9.17, 15) is 0 Å². The van der Waals surface area contributed by atoms with Crippen molar-refractivity contribution in [3.05, 3.63) is 53.8 Å². The van der Waals surface area contributed by atoms with Crippen molar-refractivity contribution in [2.75, 3.05) is 0 Å². The van der Waals surface area contributed by atoms with Gasteiger partial charge in [0.2, 0.25) is 0 Å². The Hall–Kier alpha value is -2.06. The van der Waals surface area contributed by atoms with Crippen LogP contribution in [0.4, 0.5) is 0 Å². The molecule has 0 aliphatic carbocycles. The number of nitrogens with zero attached hydrogens (tertiary/aromatic N) is 1. The van der Waals surface area contributed by atoms with E-state index in [4.69, 9.17) is 16.0 Å². The van der Waals surface area contributed by atoms with E-state index in [0.717, 1.165) is 27.3 Å². The first-order valence-electron chi connectivity index (χ1n) is 5.67. The van der Waals surface area contributed by atoms with Gasteiger partial charge in [-0.15, -0.1) is 0 Å². The standard InChI is InChI=1S/C15H8ClNO/c16-12-7-17-8-14-15(12)11-5-9-3-1-2-4-10(9)6-13(11)18-14/h1-8H. The van der Waals surface area contributed by atoms with E-state index >= 15 is 0 Å². The Morgan fingerprint density at radius 1 is 0.944 bits per heavy atom. The summed E-state index contributed by atoms with van der Waals surface area (Å²) in [5, 5.41) is 4.94. The second-order valence-electron chi connectivity index (χ2n) is 4.29. The largest absolute Gasteiger partial charge is 0.454 e. The van der Waals surface area contributed by atoms with Crippen LogP contribution < -0.4 is 0 Å². The summed E-state index contributed by atoms with van der Waals surface area (Å²) in [5.41, 5.74) is 1.58. The number of furan rings is 1. The highest BCUT2D eigenvalue weighted by atomic mass is 35.5. The predicted octanol–water partition coefficient (Wildman–Crippen LogP) is 4.79. The lowest BCUT2D eigenvalue weighted by atomic mass is 10.1. The molecule has 0 saturated carbocycles. The van der Waals surface area contributed by atoms with Gasteiger partial charge >= 0.3 is 0 Å². The van der Waals surface area contributed by atoms with E-state index in [2.05, 4.69) is 23.2 Å². The number of benzene rings is 2. The van der Waals surface area contributed by atoms with E-state index in [1.165, 1.54) is 5.39 Å². The molecule has 0 N–H and O–H groups in total. The van der Waals surface area contributed by atoms with Crippen molar-refractivity contribution in [2.45, 2.75) is 0 Å². The third kappa shape index (κ3) is 1.27. The molecule has 18 heavy (non-hydrogen) atoms. The van der Waals surface area contributed by atoms with Crippen LogP contribution in [0.5, 0.6) is 0 Å². The Kier molecular flexibility index (Phi) is 1.91. The van der Waals surface area contributed by atoms with Crippen molar-refractivity contribution in [3.63, 3.8) is 0 Å². The van der Waals surface area contributed by atoms with Crippen molar-refractivity contribution in [1.82, 2.24) is 4.98 Å². The SMILES string of the molecule is Clc1cncc2oc3cc4ccccc4cc3c12. The van der Waals surface area contributed by atoms with Gasteiger partial charge in [0.25, 0.3) is 0 Å². The van der Waals surface area contributed by atoms with Gasteiger partial charge in [0.15, 0.2) is 5.58 Å². The van der Waals surface area contributed by atoms with E-state index in [0.29, 0.717) is 5.02 Å². The van der Waals surface area contributed by atoms with Crippen LogP contribution in [0.25, 0.3) is 32.7 Å². The third-order valence-corrected chi connectivity index (χ3v) is 3.49. The summed E-state index contributed by atoms with van der Waals surface area (Å²) in [4.78, 5) is 4.05. The molecule has 0 unspecified atom stereocenters. The van der Waals surface area contributed by atoms with Crippen molar-refractivity contribution in [1.29, 1.82) is 0 Å². The van der Waals surface area contributed by atoms with Crippen molar-refractivity contribution in [2.24, 2.45) is 0 Å². The number of fused-ring (bicyclic) bond motifs is 4. The van der Waals surface area contributed by atoms with Crippen LogP contribution in [0.2, 0.25) is 5.02 Å². The Morgan fingerprint density at radius 2 is 1.72 bits per heavy atom. The minimum atomic E-state index is 0.626. The summed E-state index contributed by atoms with van der Waals surface area (Å²) in [5.74, 6) is 0. The normalized spacial score (nSPS) is 11.6. The molecule has 0 aliphatic heterocycles. The van der Waals surface area contributed by atoms with Gasteiger partial charge in [-0.3, -0.25) is 4.98 Å². The maximum Gasteiger partial charge on any atom is 0.155 e. The Bertz CT molecular complexity index is 895. The van der Waals surface area contributed by atoms with E-state index < -0.39 is 0 Å². The molecule has 0 bridgehead atoms. The van der Waals surface area contributed by atoms with Crippen LogP contribution in [0.15, 0.2) is 53.2 Å². The molecule has 0 aliphatic rings. The van der Waals surface area contributed by atoms with Crippen molar-refractivity contribution in [3.8, 4) is 0 Å². The van der Waals surface area contributed by atoms with E-state index in [1.807, 2.05) is 18.2 Å². The fraction of sp³-hybridized carbons (Fsp3) is 0. The molecule has 0 fully saturated rings. The fourth-order valence-electron chi connectivity index (χ4n) is 2.37. The molecule has 2 aromatic carbocycles. The summed E-state index contributed by atoms with van der Waals surface area (Å²) < 4.78 is 5.79. The number of rotatable bonds is 0. The van der Waals surface area contributed by atoms with Crippen LogP contribution >= 0.6 is 11.6 Å². The average Bonchev–Trinajstić information content (AvgIpc) is 2.74. The van der Waals surface area contributed by atoms with Crippen molar-refractivity contribution < 1.29 is 4.42 Å². The number of pyridine rings is 1. The second kappa shape index (κ2) is 3.47. The average molecular weight is 254 g/mol. The monoisotopic (exact) mass is 253 g/mol. The molecule has 86 valence electrons. The molecular formula is C15H8ClNO. The quantitative estimate of drug-likeness (QED) is 0.450. The predicted molar refractivity (Wildman–Crippen MR) is 74.0 cm³/mol. The van der Waals surface area contributed by atoms with Gasteiger partial charge in [0, 0.05) is 11.6 Å². The topological polar surface area (TPSA) is 26.0 Å². The Morgan fingerprint density at radius 3 is 2.56 bits per heavy atom. The lowest BCUT2D eigenvalue weighted by molar-refractivity contribution is 0.667. The number of aromatic nitrogens is 1. The highest BCUT2D eigenvalue weighted by Gasteiger charge is 2.11. The summed E-state index contributed by atoms with van der Waals surface area (Å²) >= 11 is 6.21. The zero-order valence-corrected chi connectivity index (χ0v) is 10.1. The minimum absolute atomic E-state index is 0.626. The van der Waals surface area contributed by atoms with Gasteiger partial charge in [0.1, 0.15) is 5.58 Å². The fourth-order valence-corrected chi connectivity index (χ4v) is 2.62. The number of hydrogen-bond acceptors (Lipinski definition) is 2. The third-order valence-electron chi connectivity index (χ3n) is 3.20. The molecule has 0 spiro atoms. The lowest BCUT2D eigenvalue weighted by Gasteiger charge is -1.97. The van der Waals surface area contributed by atoms with Gasteiger partial charge in [-0.2, -0.15) is 0 Å². The summed E-state index contributed by atoms with van der Waals surface area (Å²) in [6, 6.07) is 12.4. The molecule has 2 aromatic heterocycles. The smallest absolute Gasteiger partial charge is 0.155 e. The Labute approximate surface area is 108 Å². The number of hydrogen-bond donors (Lipinski definition) is 0. The van der Waals surface area contributed by atoms with E-state index in [-0.39, 0.29) is 0 Å². The van der Waals surface area contributed by atoms with Gasteiger partial charge in [-0.1, -0.05) is 35.9 Å². The molecule has 0 saturated heterocycles. The summed E-state index contributed by atoms with van der Waals surface area (Å²) in [7, 11) is 0. The number of halogens is 1. The van der Waals surface area contributed by atoms with Gasteiger partial charge in [-0.25, -0.2) is 0 Å². The van der Waals surface area contributed by atoms with Crippen LogP contribution in [-0.4, -0.2) is 4.98 Å². The maximum absolute atomic E-state index is 6.21. The van der Waals surface area contributed by atoms with Gasteiger partial charge in [-0.05, 0) is 22.9 Å². The first-order chi connectivity index (χ1) is 8.83. The molecule has 4 rings (SSSR count). The maximum atomic E-state index is 6.21. The molecule has 4 aromatic rings. The summed E-state index contributed by atoms with van der Waals surface area (Å²) in [6.45, 7) is 0.